The van der Waals surface area contributed by atoms with Crippen molar-refractivity contribution in [1.29, 1.82) is 0 Å². The summed E-state index contributed by atoms with van der Waals surface area (Å²) >= 11 is 2.64. The molecule has 1 N–H and O–H groups in total. The van der Waals surface area contributed by atoms with Gasteiger partial charge in [0.15, 0.2) is 11.6 Å². The first-order chi connectivity index (χ1) is 6.49. The number of aliphatic hydroxyl groups excluding tert-OH is 1. The number of hydrogen-bond donors (Lipinski definition) is 1. The summed E-state index contributed by atoms with van der Waals surface area (Å²) in [6.45, 7) is 3.15. The first-order valence-corrected chi connectivity index (χ1v) is 4.41. The van der Waals surface area contributed by atoms with Crippen LogP contribution in [0.3, 0.4) is 0 Å². The summed E-state index contributed by atoms with van der Waals surface area (Å²) in [6.07, 6.45) is -0.646. The van der Waals surface area contributed by atoms with Gasteiger partial charge in [-0.05, 0) is 22.0 Å². The minimum atomic E-state index is -1.56. The molecule has 0 saturated heterocycles. The van der Waals surface area contributed by atoms with E-state index in [4.69, 9.17) is 5.11 Å². The van der Waals surface area contributed by atoms with Gasteiger partial charge in [-0.15, -0.1) is 6.58 Å². The smallest absolute Gasteiger partial charge is 0.173 e. The maximum absolute atomic E-state index is 13.1. The standard InChI is InChI=1S/C9H6BrF3O/c1-2-6(14)7-5(11)3-4(10)8(12)9(7)13/h2-3,6,14H,1H2. The zero-order valence-corrected chi connectivity index (χ0v) is 8.48. The highest BCUT2D eigenvalue weighted by Crippen LogP contribution is 2.28. The van der Waals surface area contributed by atoms with Crippen molar-refractivity contribution >= 4 is 15.9 Å². The summed E-state index contributed by atoms with van der Waals surface area (Å²) in [7, 11) is 0. The molecule has 0 amide bonds. The van der Waals surface area contributed by atoms with E-state index in [2.05, 4.69) is 22.5 Å². The Morgan fingerprint density at radius 2 is 1.93 bits per heavy atom. The van der Waals surface area contributed by atoms with Crippen molar-refractivity contribution in [2.45, 2.75) is 6.10 Å². The molecule has 0 bridgehead atoms. The normalized spacial score (nSPS) is 12.6. The number of halogens is 4. The summed E-state index contributed by atoms with van der Waals surface area (Å²) < 4.78 is 38.8. The molecule has 0 saturated carbocycles. The van der Waals surface area contributed by atoms with E-state index in [9.17, 15) is 13.2 Å². The molecule has 0 radical (unpaired) electrons. The molecule has 76 valence electrons. The fraction of sp³-hybridized carbons (Fsp3) is 0.111. The zero-order chi connectivity index (χ0) is 10.9. The Morgan fingerprint density at radius 1 is 1.36 bits per heavy atom. The summed E-state index contributed by atoms with van der Waals surface area (Å²) in [5, 5.41) is 9.13. The van der Waals surface area contributed by atoms with Gasteiger partial charge in [0.1, 0.15) is 11.9 Å². The Balaban J connectivity index is 3.43. The topological polar surface area (TPSA) is 20.2 Å². The second-order valence-electron chi connectivity index (χ2n) is 2.56. The van der Waals surface area contributed by atoms with Crippen LogP contribution in [-0.4, -0.2) is 5.11 Å². The number of benzene rings is 1. The lowest BCUT2D eigenvalue weighted by Gasteiger charge is -2.09. The lowest BCUT2D eigenvalue weighted by molar-refractivity contribution is 0.215. The first kappa shape index (κ1) is 11.3. The molecule has 1 atom stereocenters. The summed E-state index contributed by atoms with van der Waals surface area (Å²) in [5.74, 6) is -3.67. The van der Waals surface area contributed by atoms with E-state index in [0.29, 0.717) is 0 Å². The summed E-state index contributed by atoms with van der Waals surface area (Å²) in [4.78, 5) is 0. The third-order valence-electron chi connectivity index (χ3n) is 1.67. The molecule has 5 heteroatoms. The fourth-order valence-electron chi connectivity index (χ4n) is 0.969. The van der Waals surface area contributed by atoms with E-state index in [1.807, 2.05) is 0 Å². The Labute approximate surface area is 87.0 Å². The van der Waals surface area contributed by atoms with Crippen molar-refractivity contribution in [2.24, 2.45) is 0 Å². The van der Waals surface area contributed by atoms with Crippen LogP contribution in [0.1, 0.15) is 11.7 Å². The molecular weight excluding hydrogens is 261 g/mol. The van der Waals surface area contributed by atoms with Gasteiger partial charge < -0.3 is 5.11 Å². The molecule has 0 heterocycles. The number of aliphatic hydroxyl groups is 1. The van der Waals surface area contributed by atoms with E-state index >= 15 is 0 Å². The maximum atomic E-state index is 13.1. The third kappa shape index (κ3) is 1.83. The van der Waals surface area contributed by atoms with Crippen molar-refractivity contribution in [3.05, 3.63) is 46.2 Å². The van der Waals surface area contributed by atoms with Gasteiger partial charge in [0, 0.05) is 0 Å². The van der Waals surface area contributed by atoms with Crippen LogP contribution < -0.4 is 0 Å². The SMILES string of the molecule is C=CC(O)c1c(F)cc(Br)c(F)c1F. The van der Waals surface area contributed by atoms with Crippen molar-refractivity contribution in [3.8, 4) is 0 Å². The van der Waals surface area contributed by atoms with Crippen LogP contribution in [0.2, 0.25) is 0 Å². The fourth-order valence-corrected chi connectivity index (χ4v) is 1.34. The van der Waals surface area contributed by atoms with Crippen LogP contribution in [0.25, 0.3) is 0 Å². The Hall–Kier alpha value is -0.810. The van der Waals surface area contributed by atoms with E-state index in [1.165, 1.54) is 0 Å². The van der Waals surface area contributed by atoms with Gasteiger partial charge in [-0.2, -0.15) is 0 Å². The molecule has 1 unspecified atom stereocenters. The average molecular weight is 267 g/mol. The molecule has 1 aromatic carbocycles. The lowest BCUT2D eigenvalue weighted by Crippen LogP contribution is -2.04. The summed E-state index contributed by atoms with van der Waals surface area (Å²) in [5.41, 5.74) is -0.735. The van der Waals surface area contributed by atoms with E-state index in [-0.39, 0.29) is 4.47 Å². The van der Waals surface area contributed by atoms with Crippen molar-refractivity contribution < 1.29 is 18.3 Å². The Morgan fingerprint density at radius 3 is 2.43 bits per heavy atom. The van der Waals surface area contributed by atoms with Gasteiger partial charge in [0.25, 0.3) is 0 Å². The van der Waals surface area contributed by atoms with Crippen LogP contribution in [0.15, 0.2) is 23.2 Å². The van der Waals surface area contributed by atoms with Gasteiger partial charge in [-0.1, -0.05) is 6.08 Å². The van der Waals surface area contributed by atoms with Crippen LogP contribution >= 0.6 is 15.9 Å². The third-order valence-corrected chi connectivity index (χ3v) is 2.25. The zero-order valence-electron chi connectivity index (χ0n) is 6.90. The van der Waals surface area contributed by atoms with E-state index in [0.717, 1.165) is 12.1 Å². The van der Waals surface area contributed by atoms with Crippen molar-refractivity contribution in [1.82, 2.24) is 0 Å². The van der Waals surface area contributed by atoms with Gasteiger partial charge in [-0.3, -0.25) is 0 Å². The second-order valence-corrected chi connectivity index (χ2v) is 3.42. The van der Waals surface area contributed by atoms with E-state index in [1.54, 1.807) is 0 Å². The van der Waals surface area contributed by atoms with Gasteiger partial charge >= 0.3 is 0 Å². The molecule has 0 aromatic heterocycles. The molecule has 0 aliphatic rings. The molecule has 14 heavy (non-hydrogen) atoms. The Kier molecular flexibility index (Phi) is 3.34. The highest BCUT2D eigenvalue weighted by atomic mass is 79.9. The van der Waals surface area contributed by atoms with Gasteiger partial charge in [-0.25, -0.2) is 13.2 Å². The predicted octanol–water partition coefficient (Wildman–Crippen LogP) is 3.09. The Bertz CT molecular complexity index is 379. The van der Waals surface area contributed by atoms with Crippen molar-refractivity contribution in [3.63, 3.8) is 0 Å². The molecule has 0 aliphatic heterocycles. The minimum absolute atomic E-state index is 0.326. The van der Waals surface area contributed by atoms with E-state index < -0.39 is 29.1 Å². The second kappa shape index (κ2) is 4.14. The number of rotatable bonds is 2. The van der Waals surface area contributed by atoms with Crippen LogP contribution in [0, 0.1) is 17.5 Å². The maximum Gasteiger partial charge on any atom is 0.173 e. The minimum Gasteiger partial charge on any atom is -0.384 e. The lowest BCUT2D eigenvalue weighted by atomic mass is 10.1. The molecule has 0 fully saturated rings. The predicted molar refractivity (Wildman–Crippen MR) is 49.2 cm³/mol. The first-order valence-electron chi connectivity index (χ1n) is 3.62. The highest BCUT2D eigenvalue weighted by molar-refractivity contribution is 9.10. The highest BCUT2D eigenvalue weighted by Gasteiger charge is 2.21. The van der Waals surface area contributed by atoms with Crippen molar-refractivity contribution in [2.75, 3.05) is 0 Å². The molecule has 0 spiro atoms. The number of hydrogen-bond acceptors (Lipinski definition) is 1. The molecule has 1 rings (SSSR count). The van der Waals surface area contributed by atoms with Crippen LogP contribution in [-0.2, 0) is 0 Å². The van der Waals surface area contributed by atoms with Crippen LogP contribution in [0.5, 0.6) is 0 Å². The van der Waals surface area contributed by atoms with Crippen LogP contribution in [0.4, 0.5) is 13.2 Å². The quantitative estimate of drug-likeness (QED) is 0.496. The monoisotopic (exact) mass is 266 g/mol. The molecule has 1 nitrogen and oxygen atoms in total. The largest absolute Gasteiger partial charge is 0.384 e. The molecular formula is C9H6BrF3O. The average Bonchev–Trinajstić information content (AvgIpc) is 2.14. The molecule has 0 aliphatic carbocycles. The van der Waals surface area contributed by atoms with Gasteiger partial charge in [0.05, 0.1) is 10.0 Å². The molecule has 1 aromatic rings. The summed E-state index contributed by atoms with van der Waals surface area (Å²) in [6, 6.07) is 0.750. The van der Waals surface area contributed by atoms with Gasteiger partial charge in [0.2, 0.25) is 0 Å².